The molecule has 2 heterocycles. The van der Waals surface area contributed by atoms with Gasteiger partial charge in [0.05, 0.1) is 11.8 Å². The number of carbonyl (C=O) groups is 1. The van der Waals surface area contributed by atoms with Crippen molar-refractivity contribution in [1.82, 2.24) is 10.1 Å². The number of hydrogen-bond acceptors (Lipinski definition) is 6. The Morgan fingerprint density at radius 2 is 1.97 bits per heavy atom. The largest absolute Gasteiger partial charge is 0.491 e. The highest BCUT2D eigenvalue weighted by molar-refractivity contribution is 5.85. The van der Waals surface area contributed by atoms with Crippen LogP contribution < -0.4 is 15.4 Å². The number of benzene rings is 1. The molecule has 0 spiro atoms. The van der Waals surface area contributed by atoms with Crippen molar-refractivity contribution in [3.05, 3.63) is 48.8 Å². The predicted molar refractivity (Wildman–Crippen MR) is 115 cm³/mol. The van der Waals surface area contributed by atoms with E-state index in [1.54, 1.807) is 24.5 Å². The van der Waals surface area contributed by atoms with Crippen LogP contribution in [0.2, 0.25) is 0 Å². The molecule has 3 aromatic rings. The van der Waals surface area contributed by atoms with Gasteiger partial charge in [-0.2, -0.15) is 0 Å². The summed E-state index contributed by atoms with van der Waals surface area (Å²) in [7, 11) is 1.45. The summed E-state index contributed by atoms with van der Waals surface area (Å²) in [6.45, 7) is 4.64. The van der Waals surface area contributed by atoms with Crippen LogP contribution in [0.1, 0.15) is 20.3 Å². The normalized spacial score (nSPS) is 12.0. The quantitative estimate of drug-likeness (QED) is 0.570. The second-order valence-electron chi connectivity index (χ2n) is 7.53. The standard InChI is InChI=1S/C22H26N4O4/c1-14(2)10-17(23)13-29-19-5-4-15(11-18(19)20-7-9-25-30-20)16-6-8-24-21(12-16)26(3)22(27)28/h4-9,11-12,14,17H,10,13,23H2,1-3H3,(H,27,28). The van der Waals surface area contributed by atoms with Crippen molar-refractivity contribution in [3.8, 4) is 28.2 Å². The van der Waals surface area contributed by atoms with Gasteiger partial charge in [0, 0.05) is 25.4 Å². The lowest BCUT2D eigenvalue weighted by atomic mass is 10.0. The fraction of sp³-hybridized carbons (Fsp3) is 0.318. The molecule has 1 atom stereocenters. The molecule has 0 aliphatic carbocycles. The van der Waals surface area contributed by atoms with Crippen molar-refractivity contribution >= 4 is 11.9 Å². The number of aromatic nitrogens is 2. The SMILES string of the molecule is CC(C)CC(N)COc1ccc(-c2ccnc(N(C)C(=O)O)c2)cc1-c1ccno1. The Morgan fingerprint density at radius 1 is 1.20 bits per heavy atom. The molecule has 8 nitrogen and oxygen atoms in total. The first-order valence-corrected chi connectivity index (χ1v) is 9.71. The minimum atomic E-state index is -1.08. The van der Waals surface area contributed by atoms with Gasteiger partial charge in [0.2, 0.25) is 0 Å². The molecule has 1 amide bonds. The van der Waals surface area contributed by atoms with E-state index in [0.29, 0.717) is 29.9 Å². The second-order valence-corrected chi connectivity index (χ2v) is 7.53. The van der Waals surface area contributed by atoms with Crippen molar-refractivity contribution in [2.75, 3.05) is 18.6 Å². The fourth-order valence-electron chi connectivity index (χ4n) is 3.13. The summed E-state index contributed by atoms with van der Waals surface area (Å²) in [5, 5.41) is 13.0. The minimum Gasteiger partial charge on any atom is -0.491 e. The van der Waals surface area contributed by atoms with Gasteiger partial charge in [-0.25, -0.2) is 9.78 Å². The van der Waals surface area contributed by atoms with Crippen LogP contribution >= 0.6 is 0 Å². The summed E-state index contributed by atoms with van der Waals surface area (Å²) in [5.41, 5.74) is 8.58. The number of ether oxygens (including phenoxy) is 1. The molecule has 158 valence electrons. The van der Waals surface area contributed by atoms with E-state index in [4.69, 9.17) is 15.0 Å². The maximum absolute atomic E-state index is 11.2. The third-order valence-electron chi connectivity index (χ3n) is 4.62. The van der Waals surface area contributed by atoms with E-state index >= 15 is 0 Å². The molecule has 2 aromatic heterocycles. The summed E-state index contributed by atoms with van der Waals surface area (Å²) in [6.07, 6.45) is 2.94. The number of nitrogens with zero attached hydrogens (tertiary/aromatic N) is 3. The van der Waals surface area contributed by atoms with Gasteiger partial charge in [0.15, 0.2) is 5.76 Å². The number of amides is 1. The fourth-order valence-corrected chi connectivity index (χ4v) is 3.13. The molecule has 0 saturated heterocycles. The highest BCUT2D eigenvalue weighted by Gasteiger charge is 2.16. The van der Waals surface area contributed by atoms with Crippen LogP contribution in [0, 0.1) is 5.92 Å². The summed E-state index contributed by atoms with van der Waals surface area (Å²) in [5.74, 6) is 2.04. The van der Waals surface area contributed by atoms with Crippen LogP contribution in [-0.2, 0) is 0 Å². The molecule has 8 heteroatoms. The summed E-state index contributed by atoms with van der Waals surface area (Å²) in [4.78, 5) is 16.4. The van der Waals surface area contributed by atoms with E-state index in [2.05, 4.69) is 24.0 Å². The molecule has 1 aromatic carbocycles. The molecule has 0 aliphatic heterocycles. The molecule has 0 aliphatic rings. The van der Waals surface area contributed by atoms with E-state index < -0.39 is 6.09 Å². The van der Waals surface area contributed by atoms with E-state index in [9.17, 15) is 9.90 Å². The zero-order valence-corrected chi connectivity index (χ0v) is 17.3. The average Bonchev–Trinajstić information content (AvgIpc) is 3.26. The highest BCUT2D eigenvalue weighted by atomic mass is 16.5. The zero-order valence-electron chi connectivity index (χ0n) is 17.3. The third-order valence-corrected chi connectivity index (χ3v) is 4.62. The topological polar surface area (TPSA) is 115 Å². The second kappa shape index (κ2) is 9.41. The molecule has 0 radical (unpaired) electrons. The molecule has 30 heavy (non-hydrogen) atoms. The Kier molecular flexibility index (Phi) is 6.68. The maximum Gasteiger partial charge on any atom is 0.412 e. The van der Waals surface area contributed by atoms with Gasteiger partial charge in [-0.05, 0) is 47.7 Å². The zero-order chi connectivity index (χ0) is 21.7. The van der Waals surface area contributed by atoms with Crippen LogP contribution in [0.5, 0.6) is 5.75 Å². The Balaban J connectivity index is 1.92. The number of carboxylic acid groups (broad SMARTS) is 1. The van der Waals surface area contributed by atoms with Gasteiger partial charge in [-0.15, -0.1) is 0 Å². The maximum atomic E-state index is 11.2. The van der Waals surface area contributed by atoms with Crippen LogP contribution in [-0.4, -0.2) is 41.0 Å². The smallest absolute Gasteiger partial charge is 0.412 e. The van der Waals surface area contributed by atoms with Gasteiger partial charge in [-0.1, -0.05) is 25.1 Å². The average molecular weight is 410 g/mol. The molecular weight excluding hydrogens is 384 g/mol. The number of nitrogens with two attached hydrogens (primary N) is 1. The lowest BCUT2D eigenvalue weighted by Gasteiger charge is -2.17. The number of anilines is 1. The van der Waals surface area contributed by atoms with Gasteiger partial charge >= 0.3 is 6.09 Å². The summed E-state index contributed by atoms with van der Waals surface area (Å²) in [6, 6.07) is 10.9. The monoisotopic (exact) mass is 410 g/mol. The first-order valence-electron chi connectivity index (χ1n) is 9.71. The lowest BCUT2D eigenvalue weighted by molar-refractivity contribution is 0.203. The molecule has 3 rings (SSSR count). The molecular formula is C22H26N4O4. The van der Waals surface area contributed by atoms with Gasteiger partial charge < -0.3 is 20.1 Å². The first-order chi connectivity index (χ1) is 14.3. The van der Waals surface area contributed by atoms with Crippen molar-refractivity contribution < 1.29 is 19.2 Å². The van der Waals surface area contributed by atoms with Crippen LogP contribution in [0.15, 0.2) is 53.3 Å². The van der Waals surface area contributed by atoms with Crippen molar-refractivity contribution in [3.63, 3.8) is 0 Å². The Bertz CT molecular complexity index is 989. The Hall–Kier alpha value is -3.39. The van der Waals surface area contributed by atoms with Crippen LogP contribution in [0.25, 0.3) is 22.5 Å². The molecule has 0 bridgehead atoms. The minimum absolute atomic E-state index is 0.0680. The molecule has 0 saturated carbocycles. The van der Waals surface area contributed by atoms with Gasteiger partial charge in [0.25, 0.3) is 0 Å². The van der Waals surface area contributed by atoms with E-state index in [1.807, 2.05) is 24.3 Å². The number of rotatable bonds is 8. The van der Waals surface area contributed by atoms with Crippen molar-refractivity contribution in [2.24, 2.45) is 11.7 Å². The first kappa shape index (κ1) is 21.3. The van der Waals surface area contributed by atoms with E-state index in [1.165, 1.54) is 7.05 Å². The van der Waals surface area contributed by atoms with E-state index in [0.717, 1.165) is 28.0 Å². The van der Waals surface area contributed by atoms with Crippen LogP contribution in [0.4, 0.5) is 10.6 Å². The van der Waals surface area contributed by atoms with E-state index in [-0.39, 0.29) is 6.04 Å². The van der Waals surface area contributed by atoms with Gasteiger partial charge in [0.1, 0.15) is 18.2 Å². The Morgan fingerprint density at radius 3 is 2.63 bits per heavy atom. The van der Waals surface area contributed by atoms with Gasteiger partial charge in [-0.3, -0.25) is 4.90 Å². The summed E-state index contributed by atoms with van der Waals surface area (Å²) < 4.78 is 11.4. The van der Waals surface area contributed by atoms with Crippen LogP contribution in [0.3, 0.4) is 0 Å². The summed E-state index contributed by atoms with van der Waals surface area (Å²) >= 11 is 0. The third kappa shape index (κ3) is 5.15. The number of hydrogen-bond donors (Lipinski definition) is 2. The van der Waals surface area contributed by atoms with Crippen molar-refractivity contribution in [2.45, 2.75) is 26.3 Å². The number of pyridine rings is 1. The predicted octanol–water partition coefficient (Wildman–Crippen LogP) is 4.27. The van der Waals surface area contributed by atoms with Crippen molar-refractivity contribution in [1.29, 1.82) is 0 Å². The lowest BCUT2D eigenvalue weighted by Crippen LogP contribution is -2.29. The Labute approximate surface area is 175 Å². The molecule has 0 fully saturated rings. The molecule has 3 N–H and O–H groups in total. The molecule has 1 unspecified atom stereocenters. The highest BCUT2D eigenvalue weighted by Crippen LogP contribution is 2.35.